The molecule has 0 unspecified atom stereocenters. The highest BCUT2D eigenvalue weighted by molar-refractivity contribution is 6.67. The van der Waals surface area contributed by atoms with Gasteiger partial charge in [0.15, 0.2) is 7.28 Å². The highest BCUT2D eigenvalue weighted by Crippen LogP contribution is 1.81. The summed E-state index contributed by atoms with van der Waals surface area (Å²) in [4.78, 5) is 0. The fourth-order valence-corrected chi connectivity index (χ4v) is 1.65. The number of benzene rings is 2. The topological polar surface area (TPSA) is 0 Å². The Morgan fingerprint density at radius 1 is 0.600 bits per heavy atom. The lowest BCUT2D eigenvalue weighted by Gasteiger charge is -2.01. The van der Waals surface area contributed by atoms with Crippen molar-refractivity contribution in [2.45, 2.75) is 0 Å². The van der Waals surface area contributed by atoms with Crippen LogP contribution in [0.4, 0.5) is 0 Å². The molecule has 0 nitrogen and oxygen atoms in total. The van der Waals surface area contributed by atoms with Crippen molar-refractivity contribution in [1.82, 2.24) is 0 Å². The maximum Gasteiger partial charge on any atom is 0.192 e. The average Bonchev–Trinajstić information content (AvgIpc) is 2.25. The second-order valence-corrected chi connectivity index (χ2v) is 4.15. The van der Waals surface area contributed by atoms with Gasteiger partial charge in [0.2, 0.25) is 0 Å². The van der Waals surface area contributed by atoms with Crippen LogP contribution in [0.3, 0.4) is 0 Å². The SMILES string of the molecule is Bc1ccc(Bc2ccc(B)cc2)cc1. The molecule has 0 aliphatic heterocycles. The molecule has 0 N–H and O–H groups in total. The van der Waals surface area contributed by atoms with Crippen LogP contribution in [-0.4, -0.2) is 23.0 Å². The van der Waals surface area contributed by atoms with Gasteiger partial charge in [0.25, 0.3) is 0 Å². The standard InChI is InChI=1S/C12H13B3/c13-9-1-5-11(6-2-9)15-12-7-3-10(14)4-8-12/h1-8,15H,13-14H2. The molecule has 0 saturated heterocycles. The van der Waals surface area contributed by atoms with E-state index >= 15 is 0 Å². The number of rotatable bonds is 2. The summed E-state index contributed by atoms with van der Waals surface area (Å²) in [5, 5.41) is 0. The summed E-state index contributed by atoms with van der Waals surface area (Å²) in [6.07, 6.45) is 0. The van der Waals surface area contributed by atoms with Gasteiger partial charge in [-0.3, -0.25) is 0 Å². The summed E-state index contributed by atoms with van der Waals surface area (Å²) in [6.45, 7) is 0. The third kappa shape index (κ3) is 2.79. The molecule has 0 aliphatic carbocycles. The van der Waals surface area contributed by atoms with E-state index in [4.69, 9.17) is 0 Å². The van der Waals surface area contributed by atoms with Gasteiger partial charge >= 0.3 is 0 Å². The molecule has 0 bridgehead atoms. The first-order valence-electron chi connectivity index (χ1n) is 5.35. The highest BCUT2D eigenvalue weighted by Gasteiger charge is 1.97. The maximum absolute atomic E-state index is 2.20. The minimum absolute atomic E-state index is 1.03. The van der Waals surface area contributed by atoms with Gasteiger partial charge in [0.1, 0.15) is 15.7 Å². The van der Waals surface area contributed by atoms with Gasteiger partial charge < -0.3 is 0 Å². The zero-order chi connectivity index (χ0) is 10.7. The molecule has 2 rings (SSSR count). The molecule has 2 aromatic carbocycles. The smallest absolute Gasteiger partial charge is 0.0890 e. The van der Waals surface area contributed by atoms with E-state index < -0.39 is 0 Å². The van der Waals surface area contributed by atoms with E-state index in [9.17, 15) is 0 Å². The van der Waals surface area contributed by atoms with Gasteiger partial charge in [-0.15, -0.1) is 0 Å². The first kappa shape index (κ1) is 10.2. The first-order valence-corrected chi connectivity index (χ1v) is 5.35. The van der Waals surface area contributed by atoms with E-state index in [0.717, 1.165) is 7.28 Å². The van der Waals surface area contributed by atoms with E-state index in [0.29, 0.717) is 0 Å². The number of hydrogen-bond acceptors (Lipinski definition) is 0. The molecule has 0 saturated carbocycles. The molecular formula is C12H13B3. The predicted octanol–water partition coefficient (Wildman–Crippen LogP) is -2.41. The summed E-state index contributed by atoms with van der Waals surface area (Å²) in [5.41, 5.74) is 5.40. The molecule has 0 heterocycles. The molecule has 2 aromatic rings. The van der Waals surface area contributed by atoms with E-state index in [-0.39, 0.29) is 0 Å². The van der Waals surface area contributed by atoms with Gasteiger partial charge in [-0.2, -0.15) is 0 Å². The van der Waals surface area contributed by atoms with Crippen molar-refractivity contribution in [3.63, 3.8) is 0 Å². The summed E-state index contributed by atoms with van der Waals surface area (Å²) in [5.74, 6) is 0. The second kappa shape index (κ2) is 4.44. The molecule has 0 aliphatic rings. The monoisotopic (exact) mass is 190 g/mol. The Labute approximate surface area is 93.8 Å². The Hall–Kier alpha value is -1.37. The zero-order valence-electron chi connectivity index (χ0n) is 9.33. The van der Waals surface area contributed by atoms with Crippen LogP contribution in [-0.2, 0) is 0 Å². The van der Waals surface area contributed by atoms with Crippen LogP contribution in [0.1, 0.15) is 0 Å². The molecule has 15 heavy (non-hydrogen) atoms. The molecule has 0 atom stereocenters. The minimum Gasteiger partial charge on any atom is -0.0890 e. The fraction of sp³-hybridized carbons (Fsp3) is 0. The third-order valence-corrected chi connectivity index (χ3v) is 2.65. The Morgan fingerprint density at radius 2 is 0.933 bits per heavy atom. The lowest BCUT2D eigenvalue weighted by molar-refractivity contribution is 1.81. The Bertz CT molecular complexity index is 388. The molecule has 0 amide bonds. The largest absolute Gasteiger partial charge is 0.192 e. The van der Waals surface area contributed by atoms with Gasteiger partial charge in [-0.1, -0.05) is 70.4 Å². The van der Waals surface area contributed by atoms with Crippen molar-refractivity contribution in [2.24, 2.45) is 0 Å². The van der Waals surface area contributed by atoms with Crippen molar-refractivity contribution in [1.29, 1.82) is 0 Å². The van der Waals surface area contributed by atoms with Crippen LogP contribution in [0.15, 0.2) is 48.5 Å². The van der Waals surface area contributed by atoms with Crippen molar-refractivity contribution < 1.29 is 0 Å². The zero-order valence-corrected chi connectivity index (χ0v) is 9.33. The lowest BCUT2D eigenvalue weighted by atomic mass is 9.63. The summed E-state index contributed by atoms with van der Waals surface area (Å²) in [6, 6.07) is 17.5. The fourth-order valence-electron chi connectivity index (χ4n) is 1.65. The van der Waals surface area contributed by atoms with Gasteiger partial charge in [0.05, 0.1) is 0 Å². The predicted molar refractivity (Wildman–Crippen MR) is 75.7 cm³/mol. The molecular weight excluding hydrogens is 177 g/mol. The van der Waals surface area contributed by atoms with Crippen molar-refractivity contribution >= 4 is 44.8 Å². The first-order chi connectivity index (χ1) is 7.24. The summed E-state index contributed by atoms with van der Waals surface area (Å²) < 4.78 is 0. The lowest BCUT2D eigenvalue weighted by Crippen LogP contribution is -2.28. The van der Waals surface area contributed by atoms with Crippen molar-refractivity contribution in [3.05, 3.63) is 48.5 Å². The number of hydrogen-bond donors (Lipinski definition) is 0. The maximum atomic E-state index is 2.20. The molecule has 0 radical (unpaired) electrons. The quantitative estimate of drug-likeness (QED) is 0.462. The Morgan fingerprint density at radius 3 is 1.27 bits per heavy atom. The third-order valence-electron chi connectivity index (χ3n) is 2.65. The summed E-state index contributed by atoms with van der Waals surface area (Å²) in [7, 11) is 5.27. The Kier molecular flexibility index (Phi) is 3.01. The van der Waals surface area contributed by atoms with Crippen molar-refractivity contribution in [2.75, 3.05) is 0 Å². The average molecular weight is 190 g/mol. The summed E-state index contributed by atoms with van der Waals surface area (Å²) >= 11 is 0. The van der Waals surface area contributed by atoms with E-state index in [1.165, 1.54) is 21.9 Å². The molecule has 70 valence electrons. The van der Waals surface area contributed by atoms with Crippen LogP contribution in [0, 0.1) is 0 Å². The molecule has 0 spiro atoms. The van der Waals surface area contributed by atoms with Gasteiger partial charge in [-0.25, -0.2) is 0 Å². The van der Waals surface area contributed by atoms with Crippen LogP contribution in [0.25, 0.3) is 0 Å². The second-order valence-electron chi connectivity index (χ2n) is 4.15. The highest BCUT2D eigenvalue weighted by atomic mass is 13.9. The molecule has 0 fully saturated rings. The van der Waals surface area contributed by atoms with Crippen LogP contribution in [0.5, 0.6) is 0 Å². The minimum atomic E-state index is 1.03. The normalized spacial score (nSPS) is 9.87. The van der Waals surface area contributed by atoms with Crippen molar-refractivity contribution in [3.8, 4) is 0 Å². The van der Waals surface area contributed by atoms with Crippen LogP contribution in [0.2, 0.25) is 0 Å². The van der Waals surface area contributed by atoms with Gasteiger partial charge in [-0.05, 0) is 0 Å². The van der Waals surface area contributed by atoms with E-state index in [1.54, 1.807) is 0 Å². The van der Waals surface area contributed by atoms with Crippen LogP contribution >= 0.6 is 0 Å². The van der Waals surface area contributed by atoms with Crippen LogP contribution < -0.4 is 21.9 Å². The Balaban J connectivity index is 2.15. The van der Waals surface area contributed by atoms with E-state index in [2.05, 4.69) is 64.2 Å². The molecule has 0 aromatic heterocycles. The van der Waals surface area contributed by atoms with E-state index in [1.807, 2.05) is 0 Å². The van der Waals surface area contributed by atoms with Gasteiger partial charge in [0, 0.05) is 0 Å². The molecule has 3 heteroatoms.